The highest BCUT2D eigenvalue weighted by Crippen LogP contribution is 2.34. The summed E-state index contributed by atoms with van der Waals surface area (Å²) in [6.07, 6.45) is -1.21. The standard InChI is InChI=1S/C21H25N3O7S/c1-10-18(11(2)24-23-10)16-7-6-15(8-22-16)31-21-20(30-14(5)27)19(29-13(4)26)17(9-32-21)28-12(3)25/h6-8,17,19-21H,9H2,1-5H3,(H,23,24)/t17-,19+,20-,21+/m1/s1. The molecule has 4 atom stereocenters. The van der Waals surface area contributed by atoms with Crippen LogP contribution >= 0.6 is 11.8 Å². The van der Waals surface area contributed by atoms with Gasteiger partial charge in [0.2, 0.25) is 0 Å². The normalized spacial score (nSPS) is 22.7. The van der Waals surface area contributed by atoms with Gasteiger partial charge in [0.25, 0.3) is 0 Å². The average molecular weight is 464 g/mol. The first-order chi connectivity index (χ1) is 15.2. The molecule has 0 aromatic carbocycles. The van der Waals surface area contributed by atoms with Crippen LogP contribution in [0.4, 0.5) is 0 Å². The second-order valence-corrected chi connectivity index (χ2v) is 8.43. The Morgan fingerprint density at radius 2 is 1.66 bits per heavy atom. The molecule has 0 radical (unpaired) electrons. The first-order valence-corrected chi connectivity index (χ1v) is 11.0. The predicted molar refractivity (Wildman–Crippen MR) is 115 cm³/mol. The molecule has 3 heterocycles. The fraction of sp³-hybridized carbons (Fsp3) is 0.476. The number of hydrogen-bond donors (Lipinski definition) is 1. The number of hydrogen-bond acceptors (Lipinski definition) is 10. The highest BCUT2D eigenvalue weighted by atomic mass is 32.2. The van der Waals surface area contributed by atoms with E-state index in [9.17, 15) is 14.4 Å². The summed E-state index contributed by atoms with van der Waals surface area (Å²) in [5.74, 6) is -0.970. The van der Waals surface area contributed by atoms with Crippen LogP contribution in [0.15, 0.2) is 18.3 Å². The number of ether oxygens (including phenoxy) is 4. The third-order valence-electron chi connectivity index (χ3n) is 4.68. The zero-order chi connectivity index (χ0) is 23.4. The molecule has 172 valence electrons. The molecule has 1 aliphatic heterocycles. The van der Waals surface area contributed by atoms with Crippen molar-refractivity contribution in [2.24, 2.45) is 0 Å². The van der Waals surface area contributed by atoms with Gasteiger partial charge in [-0.2, -0.15) is 5.10 Å². The number of H-pyrrole nitrogens is 1. The van der Waals surface area contributed by atoms with E-state index in [4.69, 9.17) is 18.9 Å². The van der Waals surface area contributed by atoms with Crippen LogP contribution in [-0.2, 0) is 28.6 Å². The van der Waals surface area contributed by atoms with Crippen molar-refractivity contribution >= 4 is 29.7 Å². The van der Waals surface area contributed by atoms with Crippen molar-refractivity contribution in [3.05, 3.63) is 29.7 Å². The van der Waals surface area contributed by atoms with Crippen LogP contribution in [0, 0.1) is 13.8 Å². The number of aromatic amines is 1. The largest absolute Gasteiger partial charge is 0.474 e. The number of pyridine rings is 1. The van der Waals surface area contributed by atoms with Gasteiger partial charge < -0.3 is 18.9 Å². The van der Waals surface area contributed by atoms with Crippen LogP contribution in [0.5, 0.6) is 5.75 Å². The molecule has 0 unspecified atom stereocenters. The van der Waals surface area contributed by atoms with Gasteiger partial charge in [-0.1, -0.05) is 0 Å². The van der Waals surface area contributed by atoms with E-state index >= 15 is 0 Å². The van der Waals surface area contributed by atoms with Crippen LogP contribution < -0.4 is 4.74 Å². The molecule has 2 aromatic heterocycles. The molecule has 3 rings (SSSR count). The van der Waals surface area contributed by atoms with Crippen molar-refractivity contribution < 1.29 is 33.3 Å². The van der Waals surface area contributed by atoms with Crippen molar-refractivity contribution in [3.63, 3.8) is 0 Å². The van der Waals surface area contributed by atoms with Crippen LogP contribution in [0.2, 0.25) is 0 Å². The van der Waals surface area contributed by atoms with E-state index in [2.05, 4.69) is 15.2 Å². The minimum absolute atomic E-state index is 0.291. The van der Waals surface area contributed by atoms with Crippen molar-refractivity contribution in [1.29, 1.82) is 0 Å². The molecular weight excluding hydrogens is 438 g/mol. The fourth-order valence-corrected chi connectivity index (χ4v) is 4.69. The zero-order valence-corrected chi connectivity index (χ0v) is 19.2. The molecule has 0 amide bonds. The lowest BCUT2D eigenvalue weighted by Gasteiger charge is -2.39. The van der Waals surface area contributed by atoms with E-state index in [1.165, 1.54) is 32.5 Å². The van der Waals surface area contributed by atoms with E-state index < -0.39 is 41.7 Å². The summed E-state index contributed by atoms with van der Waals surface area (Å²) in [6.45, 7) is 7.54. The fourth-order valence-electron chi connectivity index (χ4n) is 3.47. The molecule has 10 nitrogen and oxygen atoms in total. The predicted octanol–water partition coefficient (Wildman–Crippen LogP) is 2.34. The number of rotatable bonds is 6. The molecule has 0 saturated carbocycles. The minimum atomic E-state index is -1.00. The zero-order valence-electron chi connectivity index (χ0n) is 18.4. The Morgan fingerprint density at radius 3 is 2.19 bits per heavy atom. The van der Waals surface area contributed by atoms with E-state index in [1.807, 2.05) is 13.8 Å². The smallest absolute Gasteiger partial charge is 0.303 e. The molecule has 11 heteroatoms. The quantitative estimate of drug-likeness (QED) is 0.503. The van der Waals surface area contributed by atoms with Gasteiger partial charge in [-0.05, 0) is 26.0 Å². The number of thioether (sulfide) groups is 1. The Balaban J connectivity index is 1.82. The number of esters is 3. The van der Waals surface area contributed by atoms with Crippen LogP contribution in [0.3, 0.4) is 0 Å². The van der Waals surface area contributed by atoms with Gasteiger partial charge in [0.05, 0.1) is 17.6 Å². The van der Waals surface area contributed by atoms with Gasteiger partial charge in [-0.3, -0.25) is 24.5 Å². The Hall–Kier alpha value is -3.08. The lowest BCUT2D eigenvalue weighted by Crippen LogP contribution is -2.55. The third kappa shape index (κ3) is 5.58. The van der Waals surface area contributed by atoms with Gasteiger partial charge in [-0.15, -0.1) is 11.8 Å². The molecule has 0 spiro atoms. The monoisotopic (exact) mass is 463 g/mol. The Morgan fingerprint density at radius 1 is 1.00 bits per heavy atom. The molecule has 0 aliphatic carbocycles. The molecule has 0 bridgehead atoms. The molecule has 32 heavy (non-hydrogen) atoms. The lowest BCUT2D eigenvalue weighted by atomic mass is 10.1. The number of nitrogens with one attached hydrogen (secondary N) is 1. The number of carbonyl (C=O) groups is 3. The van der Waals surface area contributed by atoms with Gasteiger partial charge in [-0.25, -0.2) is 0 Å². The first-order valence-electron chi connectivity index (χ1n) is 9.93. The number of aryl methyl sites for hydroxylation is 2. The number of carbonyl (C=O) groups excluding carboxylic acids is 3. The van der Waals surface area contributed by atoms with E-state index in [-0.39, 0.29) is 0 Å². The van der Waals surface area contributed by atoms with Crippen LogP contribution in [-0.4, -0.2) is 62.6 Å². The molecule has 1 saturated heterocycles. The Kier molecular flexibility index (Phi) is 7.39. The van der Waals surface area contributed by atoms with Crippen molar-refractivity contribution in [1.82, 2.24) is 15.2 Å². The summed E-state index contributed by atoms with van der Waals surface area (Å²) >= 11 is 1.29. The highest BCUT2D eigenvalue weighted by molar-refractivity contribution is 7.99. The summed E-state index contributed by atoms with van der Waals surface area (Å²) in [5.41, 5.74) is 2.69. The summed E-state index contributed by atoms with van der Waals surface area (Å²) in [5, 5.41) is 7.11. The maximum absolute atomic E-state index is 11.8. The van der Waals surface area contributed by atoms with Gasteiger partial charge >= 0.3 is 17.9 Å². The van der Waals surface area contributed by atoms with Crippen molar-refractivity contribution in [2.75, 3.05) is 5.75 Å². The molecular formula is C21H25N3O7S. The van der Waals surface area contributed by atoms with E-state index in [0.717, 1.165) is 22.6 Å². The van der Waals surface area contributed by atoms with Gasteiger partial charge in [0, 0.05) is 37.8 Å². The molecule has 1 aliphatic rings. The summed E-state index contributed by atoms with van der Waals surface area (Å²) < 4.78 is 22.1. The summed E-state index contributed by atoms with van der Waals surface area (Å²) in [4.78, 5) is 39.4. The SMILES string of the molecule is CC(=O)O[C@@H]1[C@@H](OC(C)=O)[C@@H](Oc2ccc(-c3c(C)n[nH]c3C)nc2)SC[C@H]1OC(C)=O. The maximum atomic E-state index is 11.8. The number of nitrogens with zero attached hydrogens (tertiary/aromatic N) is 2. The molecule has 1 N–H and O–H groups in total. The number of aromatic nitrogens is 3. The highest BCUT2D eigenvalue weighted by Gasteiger charge is 2.47. The third-order valence-corrected chi connectivity index (χ3v) is 5.89. The maximum Gasteiger partial charge on any atom is 0.303 e. The second-order valence-electron chi connectivity index (χ2n) is 7.30. The molecule has 2 aromatic rings. The Bertz CT molecular complexity index is 972. The van der Waals surface area contributed by atoms with E-state index in [1.54, 1.807) is 18.3 Å². The lowest BCUT2D eigenvalue weighted by molar-refractivity contribution is -0.186. The Labute approximate surface area is 189 Å². The second kappa shape index (κ2) is 10.0. The minimum Gasteiger partial charge on any atom is -0.474 e. The van der Waals surface area contributed by atoms with E-state index in [0.29, 0.717) is 11.5 Å². The summed E-state index contributed by atoms with van der Waals surface area (Å²) in [7, 11) is 0. The topological polar surface area (TPSA) is 130 Å². The van der Waals surface area contributed by atoms with Crippen molar-refractivity contribution in [2.45, 2.75) is 58.4 Å². The first kappa shape index (κ1) is 23.6. The van der Waals surface area contributed by atoms with Gasteiger partial charge in [0.1, 0.15) is 5.75 Å². The summed E-state index contributed by atoms with van der Waals surface area (Å²) in [6, 6.07) is 3.55. The van der Waals surface area contributed by atoms with Crippen molar-refractivity contribution in [3.8, 4) is 17.0 Å². The van der Waals surface area contributed by atoms with Crippen LogP contribution in [0.1, 0.15) is 32.2 Å². The molecule has 1 fully saturated rings. The van der Waals surface area contributed by atoms with Gasteiger partial charge in [0.15, 0.2) is 23.7 Å². The average Bonchev–Trinajstić information content (AvgIpc) is 3.04. The van der Waals surface area contributed by atoms with Crippen LogP contribution in [0.25, 0.3) is 11.3 Å².